The number of rotatable bonds is 6. The molecule has 3 aromatic rings. The van der Waals surface area contributed by atoms with Gasteiger partial charge in [-0.25, -0.2) is 9.97 Å². The summed E-state index contributed by atoms with van der Waals surface area (Å²) in [6.45, 7) is 2.16. The Kier molecular flexibility index (Phi) is 5.60. The zero-order valence-electron chi connectivity index (χ0n) is 15.0. The number of nitrogens with two attached hydrogens (primary N) is 1. The number of amides is 1. The average molecular weight is 384 g/mol. The average Bonchev–Trinajstić information content (AvgIpc) is 3.14. The predicted octanol–water partition coefficient (Wildman–Crippen LogP) is 1.47. The van der Waals surface area contributed by atoms with Gasteiger partial charge in [-0.3, -0.25) is 9.00 Å². The fourth-order valence-electron chi connectivity index (χ4n) is 2.52. The number of aromatic nitrogens is 4. The lowest BCUT2D eigenvalue weighted by atomic mass is 10.1. The highest BCUT2D eigenvalue weighted by Gasteiger charge is 2.13. The molecule has 9 heteroatoms. The van der Waals surface area contributed by atoms with Gasteiger partial charge in [0.05, 0.1) is 18.4 Å². The topological polar surface area (TPSA) is 116 Å². The Bertz CT molecular complexity index is 984. The van der Waals surface area contributed by atoms with E-state index in [-0.39, 0.29) is 12.5 Å². The van der Waals surface area contributed by atoms with Crippen molar-refractivity contribution < 1.29 is 9.00 Å². The summed E-state index contributed by atoms with van der Waals surface area (Å²) in [5, 5.41) is 6.97. The molecule has 8 nitrogen and oxygen atoms in total. The van der Waals surface area contributed by atoms with Crippen LogP contribution < -0.4 is 11.1 Å². The maximum atomic E-state index is 12.6. The molecule has 0 aliphatic heterocycles. The van der Waals surface area contributed by atoms with Crippen molar-refractivity contribution in [2.45, 2.75) is 24.8 Å². The van der Waals surface area contributed by atoms with Crippen molar-refractivity contribution in [3.63, 3.8) is 0 Å². The number of aryl methyl sites for hydroxylation is 1. The molecule has 3 rings (SSSR count). The number of hydrogen-bond donors (Lipinski definition) is 2. The van der Waals surface area contributed by atoms with E-state index in [1.54, 1.807) is 30.5 Å². The summed E-state index contributed by atoms with van der Waals surface area (Å²) in [6, 6.07) is 8.75. The molecule has 2 aromatic heterocycles. The van der Waals surface area contributed by atoms with Gasteiger partial charge in [0.1, 0.15) is 6.33 Å². The summed E-state index contributed by atoms with van der Waals surface area (Å²) in [7, 11) is -1.16. The summed E-state index contributed by atoms with van der Waals surface area (Å²) >= 11 is 0. The van der Waals surface area contributed by atoms with Crippen molar-refractivity contribution in [2.24, 2.45) is 0 Å². The van der Waals surface area contributed by atoms with E-state index >= 15 is 0 Å². The zero-order chi connectivity index (χ0) is 19.4. The van der Waals surface area contributed by atoms with E-state index < -0.39 is 10.8 Å². The molecular weight excluding hydrogens is 364 g/mol. The van der Waals surface area contributed by atoms with Crippen molar-refractivity contribution in [3.05, 3.63) is 59.8 Å². The number of hydrogen-bond acceptors (Lipinski definition) is 6. The lowest BCUT2D eigenvalue weighted by Gasteiger charge is -2.09. The summed E-state index contributed by atoms with van der Waals surface area (Å²) in [6.07, 6.45) is 5.28. The lowest BCUT2D eigenvalue weighted by molar-refractivity contribution is 0.0949. The van der Waals surface area contributed by atoms with Crippen LogP contribution in [-0.2, 0) is 23.8 Å². The van der Waals surface area contributed by atoms with Gasteiger partial charge in [-0.05, 0) is 42.3 Å². The second kappa shape index (κ2) is 8.09. The van der Waals surface area contributed by atoms with Gasteiger partial charge in [0.2, 0.25) is 0 Å². The van der Waals surface area contributed by atoms with Crippen LogP contribution in [0, 0.1) is 0 Å². The van der Waals surface area contributed by atoms with Crippen LogP contribution in [0.4, 0.5) is 5.69 Å². The highest BCUT2D eigenvalue weighted by atomic mass is 32.2. The van der Waals surface area contributed by atoms with Gasteiger partial charge < -0.3 is 11.1 Å². The van der Waals surface area contributed by atoms with Crippen LogP contribution in [0.2, 0.25) is 0 Å². The molecule has 2 heterocycles. The summed E-state index contributed by atoms with van der Waals surface area (Å²) in [4.78, 5) is 21.6. The SMILES string of the molecule is CCc1cc(C(=O)NCc2ncnn2-c2ccc(N)cn2)cc(S(C)=O)c1. The first kappa shape index (κ1) is 18.7. The number of pyridine rings is 1. The fourth-order valence-corrected chi connectivity index (χ4v) is 3.13. The van der Waals surface area contributed by atoms with Crippen molar-refractivity contribution >= 4 is 22.4 Å². The number of nitrogen functional groups attached to an aromatic ring is 1. The molecule has 3 N–H and O–H groups in total. The van der Waals surface area contributed by atoms with Crippen LogP contribution in [0.5, 0.6) is 0 Å². The Hall–Kier alpha value is -3.07. The van der Waals surface area contributed by atoms with E-state index in [2.05, 4.69) is 20.4 Å². The minimum absolute atomic E-state index is 0.172. The van der Waals surface area contributed by atoms with Crippen molar-refractivity contribution in [1.29, 1.82) is 0 Å². The predicted molar refractivity (Wildman–Crippen MR) is 103 cm³/mol. The largest absolute Gasteiger partial charge is 0.397 e. The smallest absolute Gasteiger partial charge is 0.251 e. The third-order valence-electron chi connectivity index (χ3n) is 3.98. The Morgan fingerprint density at radius 1 is 1.26 bits per heavy atom. The molecule has 0 radical (unpaired) electrons. The van der Waals surface area contributed by atoms with E-state index in [0.717, 1.165) is 12.0 Å². The number of benzene rings is 1. The molecule has 0 aliphatic rings. The second-order valence-electron chi connectivity index (χ2n) is 5.89. The molecule has 1 amide bonds. The summed E-state index contributed by atoms with van der Waals surface area (Å²) in [5.41, 5.74) is 7.63. The van der Waals surface area contributed by atoms with E-state index in [1.165, 1.54) is 17.2 Å². The summed E-state index contributed by atoms with van der Waals surface area (Å²) in [5.74, 6) is 0.825. The fraction of sp³-hybridized carbons (Fsp3) is 0.222. The Morgan fingerprint density at radius 2 is 2.07 bits per heavy atom. The van der Waals surface area contributed by atoms with Crippen LogP contribution in [-0.4, -0.2) is 36.1 Å². The molecule has 0 bridgehead atoms. The summed E-state index contributed by atoms with van der Waals surface area (Å²) < 4.78 is 13.3. The molecule has 0 saturated heterocycles. The van der Waals surface area contributed by atoms with E-state index in [4.69, 9.17) is 5.73 Å². The molecular formula is C18H20N6O2S. The quantitative estimate of drug-likeness (QED) is 0.665. The molecule has 0 spiro atoms. The van der Waals surface area contributed by atoms with Gasteiger partial charge in [-0.1, -0.05) is 6.92 Å². The van der Waals surface area contributed by atoms with Crippen LogP contribution in [0.15, 0.2) is 47.8 Å². The van der Waals surface area contributed by atoms with Gasteiger partial charge in [-0.15, -0.1) is 0 Å². The highest BCUT2D eigenvalue weighted by Crippen LogP contribution is 2.14. The van der Waals surface area contributed by atoms with Gasteiger partial charge >= 0.3 is 0 Å². The normalized spacial score (nSPS) is 11.9. The molecule has 1 aromatic carbocycles. The Balaban J connectivity index is 1.77. The Labute approximate surface area is 159 Å². The monoisotopic (exact) mass is 384 g/mol. The molecule has 0 saturated carbocycles. The first-order chi connectivity index (χ1) is 13.0. The first-order valence-corrected chi connectivity index (χ1v) is 9.90. The van der Waals surface area contributed by atoms with Gasteiger partial charge in [0, 0.05) is 27.5 Å². The van der Waals surface area contributed by atoms with Gasteiger partial charge in [0.15, 0.2) is 11.6 Å². The van der Waals surface area contributed by atoms with Crippen LogP contribution in [0.25, 0.3) is 5.82 Å². The standard InChI is InChI=1S/C18H20N6O2S/c1-3-12-6-13(8-15(7-12)27(2)26)18(25)21-10-17-22-11-23-24(17)16-5-4-14(19)9-20-16/h4-9,11H,3,10,19H2,1-2H3,(H,21,25). The van der Waals surface area contributed by atoms with Gasteiger partial charge in [-0.2, -0.15) is 9.78 Å². The number of anilines is 1. The minimum atomic E-state index is -1.16. The molecule has 1 atom stereocenters. The van der Waals surface area contributed by atoms with Crippen LogP contribution >= 0.6 is 0 Å². The van der Waals surface area contributed by atoms with Crippen molar-refractivity contribution in [2.75, 3.05) is 12.0 Å². The maximum Gasteiger partial charge on any atom is 0.251 e. The number of nitrogens with one attached hydrogen (secondary N) is 1. The second-order valence-corrected chi connectivity index (χ2v) is 7.27. The van der Waals surface area contributed by atoms with E-state index in [1.807, 2.05) is 13.0 Å². The molecule has 1 unspecified atom stereocenters. The lowest BCUT2D eigenvalue weighted by Crippen LogP contribution is -2.25. The van der Waals surface area contributed by atoms with E-state index in [9.17, 15) is 9.00 Å². The number of carbonyl (C=O) groups is 1. The molecule has 27 heavy (non-hydrogen) atoms. The van der Waals surface area contributed by atoms with Crippen molar-refractivity contribution in [1.82, 2.24) is 25.1 Å². The number of nitrogens with zero attached hydrogens (tertiary/aromatic N) is 4. The molecule has 0 fully saturated rings. The third-order valence-corrected chi connectivity index (χ3v) is 4.88. The zero-order valence-corrected chi connectivity index (χ0v) is 15.9. The third kappa shape index (κ3) is 4.37. The highest BCUT2D eigenvalue weighted by molar-refractivity contribution is 7.84. The molecule has 140 valence electrons. The van der Waals surface area contributed by atoms with Crippen LogP contribution in [0.3, 0.4) is 0 Å². The van der Waals surface area contributed by atoms with Crippen molar-refractivity contribution in [3.8, 4) is 5.82 Å². The minimum Gasteiger partial charge on any atom is -0.397 e. The Morgan fingerprint density at radius 3 is 2.74 bits per heavy atom. The van der Waals surface area contributed by atoms with E-state index in [0.29, 0.717) is 27.8 Å². The molecule has 0 aliphatic carbocycles. The van der Waals surface area contributed by atoms with Crippen LogP contribution in [0.1, 0.15) is 28.7 Å². The number of carbonyl (C=O) groups excluding carboxylic acids is 1. The van der Waals surface area contributed by atoms with Gasteiger partial charge in [0.25, 0.3) is 5.91 Å². The first-order valence-electron chi connectivity index (χ1n) is 8.34. The maximum absolute atomic E-state index is 12.6.